The maximum atomic E-state index is 13.2. The van der Waals surface area contributed by atoms with Crippen LogP contribution in [0.3, 0.4) is 0 Å². The van der Waals surface area contributed by atoms with Gasteiger partial charge in [-0.25, -0.2) is 4.79 Å². The van der Waals surface area contributed by atoms with Crippen molar-refractivity contribution in [2.24, 2.45) is 22.7 Å². The number of ether oxygens (including phenoxy) is 1. The minimum atomic E-state index is -5.84. The number of aliphatic hydroxyl groups is 1. The fourth-order valence-electron chi connectivity index (χ4n) is 5.63. The van der Waals surface area contributed by atoms with Crippen molar-refractivity contribution in [3.63, 3.8) is 0 Å². The molecule has 4 saturated carbocycles. The van der Waals surface area contributed by atoms with E-state index < -0.39 is 32.4 Å². The van der Waals surface area contributed by atoms with Gasteiger partial charge >= 0.3 is 21.3 Å². The highest BCUT2D eigenvalue weighted by Gasteiger charge is 2.84. The van der Waals surface area contributed by atoms with Crippen LogP contribution < -0.4 is 0 Å². The van der Waals surface area contributed by atoms with Gasteiger partial charge in [-0.05, 0) is 49.4 Å². The maximum absolute atomic E-state index is 13.2. The van der Waals surface area contributed by atoms with Gasteiger partial charge in [-0.3, -0.25) is 4.55 Å². The van der Waals surface area contributed by atoms with Crippen molar-refractivity contribution < 1.29 is 36.4 Å². The van der Waals surface area contributed by atoms with E-state index in [-0.39, 0.29) is 12.0 Å². The molecular weight excluding hydrogens is 322 g/mol. The van der Waals surface area contributed by atoms with Crippen LogP contribution in [0.25, 0.3) is 0 Å². The van der Waals surface area contributed by atoms with Crippen LogP contribution in [0.15, 0.2) is 0 Å². The van der Waals surface area contributed by atoms with E-state index in [0.717, 1.165) is 6.42 Å². The molecule has 22 heavy (non-hydrogen) atoms. The predicted octanol–water partition coefficient (Wildman–Crippen LogP) is 0.951. The summed E-state index contributed by atoms with van der Waals surface area (Å²) >= 11 is 0. The monoisotopic (exact) mass is 338 g/mol. The van der Waals surface area contributed by atoms with E-state index in [2.05, 4.69) is 4.74 Å². The molecule has 2 bridgehead atoms. The number of hydrogen-bond acceptors (Lipinski definition) is 5. The van der Waals surface area contributed by atoms with E-state index in [1.807, 2.05) is 0 Å². The van der Waals surface area contributed by atoms with Gasteiger partial charge in [0.15, 0.2) is 0 Å². The van der Waals surface area contributed by atoms with Gasteiger partial charge in [0, 0.05) is 5.41 Å². The third-order valence-corrected chi connectivity index (χ3v) is 7.26. The van der Waals surface area contributed by atoms with Gasteiger partial charge in [-0.2, -0.15) is 17.2 Å². The third kappa shape index (κ3) is 1.54. The second-order valence-electron chi connectivity index (χ2n) is 7.56. The van der Waals surface area contributed by atoms with Crippen LogP contribution in [-0.2, 0) is 19.6 Å². The Morgan fingerprint density at radius 3 is 2.59 bits per heavy atom. The molecule has 124 valence electrons. The standard InChI is InChI=1S/C13H16F2O6S/c14-13(15,22(18,19)20)9(16)21-6-10-4-11(17)1-7-2-12(10,5-10)8(7)3-11/h7-8,17H,1-6H2,(H,18,19,20). The zero-order valence-corrected chi connectivity index (χ0v) is 12.4. The largest absolute Gasteiger partial charge is 0.465 e. The van der Waals surface area contributed by atoms with E-state index in [1.165, 1.54) is 0 Å². The fraction of sp³-hybridized carbons (Fsp3) is 0.923. The van der Waals surface area contributed by atoms with Gasteiger partial charge in [0.05, 0.1) is 12.2 Å². The number of carbonyl (C=O) groups excluding carboxylic acids is 1. The summed E-state index contributed by atoms with van der Waals surface area (Å²) in [6, 6.07) is 0. The summed E-state index contributed by atoms with van der Waals surface area (Å²) in [6.45, 7) is -0.331. The molecule has 6 nitrogen and oxygen atoms in total. The third-order valence-electron chi connectivity index (χ3n) is 6.44. The van der Waals surface area contributed by atoms with Crippen molar-refractivity contribution in [2.75, 3.05) is 6.61 Å². The SMILES string of the molecule is O=C(OCC12CC3(O)CC4CC1(C2)C4C3)C(F)(F)S(=O)(=O)O. The molecule has 0 saturated heterocycles. The molecular formula is C13H16F2O6S. The van der Waals surface area contributed by atoms with Crippen molar-refractivity contribution in [1.82, 2.24) is 0 Å². The molecule has 4 aliphatic carbocycles. The van der Waals surface area contributed by atoms with Crippen LogP contribution in [0.5, 0.6) is 0 Å². The number of fused-ring (bicyclic) bond motifs is 1. The summed E-state index contributed by atoms with van der Waals surface area (Å²) in [6.07, 6.45) is 3.45. The van der Waals surface area contributed by atoms with Gasteiger partial charge in [0.1, 0.15) is 0 Å². The first kappa shape index (κ1) is 14.8. The molecule has 0 radical (unpaired) electrons. The van der Waals surface area contributed by atoms with Crippen molar-refractivity contribution in [3.05, 3.63) is 0 Å². The van der Waals surface area contributed by atoms with Gasteiger partial charge in [-0.1, -0.05) is 0 Å². The van der Waals surface area contributed by atoms with Crippen LogP contribution in [0.2, 0.25) is 0 Å². The molecule has 4 fully saturated rings. The smallest absolute Gasteiger partial charge is 0.460 e. The molecule has 2 N–H and O–H groups in total. The number of carbonyl (C=O) groups is 1. The highest BCUT2D eigenvalue weighted by atomic mass is 32.2. The summed E-state index contributed by atoms with van der Waals surface area (Å²) in [5, 5.41) is 5.55. The number of halogens is 2. The molecule has 4 rings (SSSR count). The Balaban J connectivity index is 1.49. The quantitative estimate of drug-likeness (QED) is 0.585. The molecule has 0 amide bonds. The molecule has 5 atom stereocenters. The number of rotatable bonds is 4. The lowest BCUT2D eigenvalue weighted by molar-refractivity contribution is -0.166. The molecule has 1 spiro atoms. The second-order valence-corrected chi connectivity index (χ2v) is 9.02. The molecule has 0 heterocycles. The maximum Gasteiger partial charge on any atom is 0.465 e. The normalized spacial score (nSPS) is 48.4. The van der Waals surface area contributed by atoms with E-state index in [4.69, 9.17) is 4.55 Å². The van der Waals surface area contributed by atoms with E-state index in [1.54, 1.807) is 0 Å². The van der Waals surface area contributed by atoms with Gasteiger partial charge in [0.2, 0.25) is 0 Å². The average Bonchev–Trinajstić information content (AvgIpc) is 2.97. The zero-order valence-electron chi connectivity index (χ0n) is 11.6. The highest BCUT2D eigenvalue weighted by Crippen LogP contribution is 2.87. The Morgan fingerprint density at radius 1 is 1.27 bits per heavy atom. The highest BCUT2D eigenvalue weighted by molar-refractivity contribution is 7.87. The van der Waals surface area contributed by atoms with Crippen molar-refractivity contribution in [3.8, 4) is 0 Å². The summed E-state index contributed by atoms with van der Waals surface area (Å²) in [5.74, 6) is -1.44. The summed E-state index contributed by atoms with van der Waals surface area (Å²) in [4.78, 5) is 11.3. The lowest BCUT2D eigenvalue weighted by atomic mass is 9.58. The summed E-state index contributed by atoms with van der Waals surface area (Å²) in [5.41, 5.74) is -1.36. The Kier molecular flexibility index (Phi) is 2.45. The molecule has 0 aromatic carbocycles. The first-order chi connectivity index (χ1) is 9.95. The zero-order chi connectivity index (χ0) is 16.2. The fourth-order valence-corrected chi connectivity index (χ4v) is 5.90. The van der Waals surface area contributed by atoms with Gasteiger partial charge < -0.3 is 9.84 Å². The minimum Gasteiger partial charge on any atom is -0.460 e. The molecule has 0 aliphatic heterocycles. The van der Waals surface area contributed by atoms with Crippen molar-refractivity contribution in [1.29, 1.82) is 0 Å². The number of hydrogen-bond donors (Lipinski definition) is 2. The van der Waals surface area contributed by atoms with Crippen LogP contribution in [-0.4, -0.2) is 41.5 Å². The Bertz CT molecular complexity index is 678. The first-order valence-electron chi connectivity index (χ1n) is 7.19. The van der Waals surface area contributed by atoms with Crippen LogP contribution in [0, 0.1) is 22.7 Å². The van der Waals surface area contributed by atoms with E-state index in [9.17, 15) is 27.1 Å². The van der Waals surface area contributed by atoms with E-state index >= 15 is 0 Å². The second kappa shape index (κ2) is 3.64. The number of alkyl halides is 2. The molecule has 4 aliphatic rings. The lowest BCUT2D eigenvalue weighted by Gasteiger charge is -2.47. The molecule has 0 aromatic heterocycles. The Labute approximate surface area is 125 Å². The first-order valence-corrected chi connectivity index (χ1v) is 8.63. The van der Waals surface area contributed by atoms with Crippen LogP contribution >= 0.6 is 0 Å². The van der Waals surface area contributed by atoms with E-state index in [0.29, 0.717) is 37.5 Å². The minimum absolute atomic E-state index is 0.0337. The molecule has 5 unspecified atom stereocenters. The summed E-state index contributed by atoms with van der Waals surface area (Å²) in [7, 11) is -5.84. The number of esters is 1. The van der Waals surface area contributed by atoms with Crippen molar-refractivity contribution in [2.45, 2.75) is 43.0 Å². The average molecular weight is 338 g/mol. The van der Waals surface area contributed by atoms with Crippen LogP contribution in [0.1, 0.15) is 32.1 Å². The van der Waals surface area contributed by atoms with Gasteiger partial charge in [0.25, 0.3) is 0 Å². The Hall–Kier alpha value is -0.800. The summed E-state index contributed by atoms with van der Waals surface area (Å²) < 4.78 is 60.4. The van der Waals surface area contributed by atoms with Gasteiger partial charge in [-0.15, -0.1) is 0 Å². The van der Waals surface area contributed by atoms with Crippen LogP contribution in [0.4, 0.5) is 8.78 Å². The topological polar surface area (TPSA) is 101 Å². The molecule has 0 aromatic rings. The van der Waals surface area contributed by atoms with Crippen molar-refractivity contribution >= 4 is 16.1 Å². The predicted molar refractivity (Wildman–Crippen MR) is 67.3 cm³/mol. The Morgan fingerprint density at radius 2 is 1.95 bits per heavy atom. The lowest BCUT2D eigenvalue weighted by Crippen LogP contribution is -2.46. The molecule has 9 heteroatoms.